The Hall–Kier alpha value is -0.586. The van der Waals surface area contributed by atoms with Gasteiger partial charge in [-0.15, -0.1) is 0 Å². The number of rotatable bonds is 6. The van der Waals surface area contributed by atoms with E-state index in [-0.39, 0.29) is 0 Å². The summed E-state index contributed by atoms with van der Waals surface area (Å²) < 4.78 is 11.4. The predicted molar refractivity (Wildman–Crippen MR) is 84.2 cm³/mol. The molecule has 0 aliphatic rings. The van der Waals surface area contributed by atoms with Gasteiger partial charge in [-0.25, -0.2) is 0 Å². The Morgan fingerprint density at radius 3 is 1.83 bits per heavy atom. The largest absolute Gasteiger partial charge is 0.491 e. The van der Waals surface area contributed by atoms with Crippen LogP contribution in [0.2, 0.25) is 39.3 Å². The Kier molecular flexibility index (Phi) is 5.19. The van der Waals surface area contributed by atoms with E-state index in [0.717, 1.165) is 5.75 Å². The molecule has 18 heavy (non-hydrogen) atoms. The number of benzene rings is 1. The molecule has 0 fully saturated rings. The molecule has 1 aromatic rings. The van der Waals surface area contributed by atoms with Gasteiger partial charge in [0.1, 0.15) is 12.4 Å². The van der Waals surface area contributed by atoms with E-state index in [4.69, 9.17) is 9.16 Å². The molecule has 1 aromatic carbocycles. The van der Waals surface area contributed by atoms with E-state index in [1.807, 2.05) is 0 Å². The normalized spacial score (nSPS) is 12.6. The van der Waals surface area contributed by atoms with Crippen molar-refractivity contribution in [3.63, 3.8) is 0 Å². The summed E-state index contributed by atoms with van der Waals surface area (Å²) in [5.41, 5.74) is 0. The maximum absolute atomic E-state index is 5.75. The first kappa shape index (κ1) is 15.5. The van der Waals surface area contributed by atoms with Crippen molar-refractivity contribution in [1.29, 1.82) is 0 Å². The van der Waals surface area contributed by atoms with Crippen LogP contribution < -0.4 is 9.92 Å². The first-order valence-corrected chi connectivity index (χ1v) is 13.5. The summed E-state index contributed by atoms with van der Waals surface area (Å²) in [6, 6.07) is 8.53. The molecule has 0 amide bonds. The molecule has 0 N–H and O–H groups in total. The summed E-state index contributed by atoms with van der Waals surface area (Å²) in [4.78, 5) is 0. The summed E-state index contributed by atoms with van der Waals surface area (Å²) in [5, 5.41) is 1.47. The summed E-state index contributed by atoms with van der Waals surface area (Å²) in [6.45, 7) is 14.9. The Bertz CT molecular complexity index is 361. The standard InChI is InChI=1S/C14H26O2Si2/c1-17(2,3)14-9-7-13(8-10-14)15-11-12-16-18(4,5)6/h7-10H,11-12H2,1-6H3. The van der Waals surface area contributed by atoms with Gasteiger partial charge in [0.05, 0.1) is 14.7 Å². The minimum absolute atomic E-state index is 0.635. The van der Waals surface area contributed by atoms with Crippen LogP contribution in [0.25, 0.3) is 0 Å². The maximum atomic E-state index is 5.75. The van der Waals surface area contributed by atoms with Crippen molar-refractivity contribution in [2.24, 2.45) is 0 Å². The number of ether oxygens (including phenoxy) is 1. The molecule has 0 aliphatic heterocycles. The van der Waals surface area contributed by atoms with Gasteiger partial charge in [-0.2, -0.15) is 0 Å². The Labute approximate surface area is 113 Å². The zero-order valence-electron chi connectivity index (χ0n) is 12.5. The van der Waals surface area contributed by atoms with Gasteiger partial charge in [-0.3, -0.25) is 0 Å². The van der Waals surface area contributed by atoms with Gasteiger partial charge in [-0.1, -0.05) is 37.0 Å². The highest BCUT2D eigenvalue weighted by Gasteiger charge is 2.16. The second kappa shape index (κ2) is 6.04. The van der Waals surface area contributed by atoms with E-state index >= 15 is 0 Å². The first-order valence-electron chi connectivity index (χ1n) is 6.56. The second-order valence-corrected chi connectivity index (χ2v) is 16.2. The van der Waals surface area contributed by atoms with Gasteiger partial charge in [0.2, 0.25) is 0 Å². The Morgan fingerprint density at radius 2 is 1.39 bits per heavy atom. The van der Waals surface area contributed by atoms with Gasteiger partial charge in [0, 0.05) is 0 Å². The van der Waals surface area contributed by atoms with Crippen molar-refractivity contribution in [2.45, 2.75) is 39.3 Å². The summed E-state index contributed by atoms with van der Waals surface area (Å²) >= 11 is 0. The van der Waals surface area contributed by atoms with Crippen LogP contribution in [-0.2, 0) is 4.43 Å². The van der Waals surface area contributed by atoms with Gasteiger partial charge in [0.15, 0.2) is 8.32 Å². The third kappa shape index (κ3) is 5.84. The lowest BCUT2D eigenvalue weighted by atomic mass is 10.3. The van der Waals surface area contributed by atoms with Crippen LogP contribution in [0.5, 0.6) is 5.75 Å². The molecule has 0 radical (unpaired) electrons. The van der Waals surface area contributed by atoms with E-state index in [1.165, 1.54) is 5.19 Å². The van der Waals surface area contributed by atoms with Crippen molar-refractivity contribution in [2.75, 3.05) is 13.2 Å². The van der Waals surface area contributed by atoms with Gasteiger partial charge >= 0.3 is 0 Å². The molecule has 102 valence electrons. The molecule has 0 spiro atoms. The smallest absolute Gasteiger partial charge is 0.183 e. The Balaban J connectivity index is 2.41. The van der Waals surface area contributed by atoms with E-state index < -0.39 is 16.4 Å². The predicted octanol–water partition coefficient (Wildman–Crippen LogP) is 3.46. The third-order valence-corrected chi connectivity index (χ3v) is 5.74. The van der Waals surface area contributed by atoms with Crippen LogP contribution in [0, 0.1) is 0 Å². The quantitative estimate of drug-likeness (QED) is 0.587. The van der Waals surface area contributed by atoms with E-state index in [2.05, 4.69) is 63.5 Å². The second-order valence-electron chi connectivity index (χ2n) is 6.58. The monoisotopic (exact) mass is 282 g/mol. The molecule has 0 aromatic heterocycles. The fourth-order valence-electron chi connectivity index (χ4n) is 1.56. The van der Waals surface area contributed by atoms with Crippen LogP contribution in [0.4, 0.5) is 0 Å². The highest BCUT2D eigenvalue weighted by molar-refractivity contribution is 6.88. The number of hydrogen-bond donors (Lipinski definition) is 0. The van der Waals surface area contributed by atoms with Crippen LogP contribution in [0.15, 0.2) is 24.3 Å². The lowest BCUT2D eigenvalue weighted by Crippen LogP contribution is -2.37. The van der Waals surface area contributed by atoms with E-state index in [1.54, 1.807) is 0 Å². The molecule has 0 aliphatic carbocycles. The fourth-order valence-corrected chi connectivity index (χ4v) is 3.42. The molecule has 0 saturated carbocycles. The topological polar surface area (TPSA) is 18.5 Å². The summed E-state index contributed by atoms with van der Waals surface area (Å²) in [5.74, 6) is 0.941. The molecule has 2 nitrogen and oxygen atoms in total. The van der Waals surface area contributed by atoms with E-state index in [9.17, 15) is 0 Å². The van der Waals surface area contributed by atoms with Gasteiger partial charge < -0.3 is 9.16 Å². The maximum Gasteiger partial charge on any atom is 0.183 e. The van der Waals surface area contributed by atoms with Crippen molar-refractivity contribution in [1.82, 2.24) is 0 Å². The van der Waals surface area contributed by atoms with Crippen molar-refractivity contribution < 1.29 is 9.16 Å². The van der Waals surface area contributed by atoms with Crippen LogP contribution in [-0.4, -0.2) is 29.6 Å². The summed E-state index contributed by atoms with van der Waals surface area (Å²) in [7, 11) is -2.60. The molecule has 0 heterocycles. The highest BCUT2D eigenvalue weighted by Crippen LogP contribution is 2.11. The van der Waals surface area contributed by atoms with E-state index in [0.29, 0.717) is 13.2 Å². The lowest BCUT2D eigenvalue weighted by molar-refractivity contribution is 0.212. The average molecular weight is 283 g/mol. The highest BCUT2D eigenvalue weighted by atomic mass is 28.4. The van der Waals surface area contributed by atoms with Gasteiger partial charge in [0.25, 0.3) is 0 Å². The SMILES string of the molecule is C[Si](C)(C)OCCOc1ccc([Si](C)(C)C)cc1. The molecule has 0 unspecified atom stereocenters. The first-order chi connectivity index (χ1) is 8.18. The van der Waals surface area contributed by atoms with Crippen molar-refractivity contribution >= 4 is 21.6 Å². The third-order valence-electron chi connectivity index (χ3n) is 2.61. The molecular weight excluding hydrogens is 256 g/mol. The van der Waals surface area contributed by atoms with Crippen LogP contribution in [0.1, 0.15) is 0 Å². The molecule has 0 atom stereocenters. The van der Waals surface area contributed by atoms with Crippen LogP contribution in [0.3, 0.4) is 0 Å². The minimum atomic E-state index is -1.40. The van der Waals surface area contributed by atoms with Crippen molar-refractivity contribution in [3.05, 3.63) is 24.3 Å². The molecular formula is C14H26O2Si2. The Morgan fingerprint density at radius 1 is 0.833 bits per heavy atom. The zero-order valence-corrected chi connectivity index (χ0v) is 14.5. The lowest BCUT2D eigenvalue weighted by Gasteiger charge is -2.18. The van der Waals surface area contributed by atoms with Crippen molar-refractivity contribution in [3.8, 4) is 5.75 Å². The summed E-state index contributed by atoms with van der Waals surface area (Å²) in [6.07, 6.45) is 0. The minimum Gasteiger partial charge on any atom is -0.491 e. The number of hydrogen-bond acceptors (Lipinski definition) is 2. The average Bonchev–Trinajstić information content (AvgIpc) is 2.22. The van der Waals surface area contributed by atoms with Crippen LogP contribution >= 0.6 is 0 Å². The van der Waals surface area contributed by atoms with Gasteiger partial charge in [-0.05, 0) is 31.8 Å². The fraction of sp³-hybridized carbons (Fsp3) is 0.571. The zero-order chi connectivity index (χ0) is 13.8. The molecule has 4 heteroatoms. The molecule has 0 saturated heterocycles. The molecule has 1 rings (SSSR count). The molecule has 0 bridgehead atoms.